The highest BCUT2D eigenvalue weighted by Gasteiger charge is 2.30. The third-order valence-corrected chi connectivity index (χ3v) is 3.87. The fraction of sp³-hybridized carbons (Fsp3) is 0.562. The van der Waals surface area contributed by atoms with Crippen LogP contribution in [0.5, 0.6) is 0 Å². The van der Waals surface area contributed by atoms with Gasteiger partial charge in [0.05, 0.1) is 11.6 Å². The van der Waals surface area contributed by atoms with Gasteiger partial charge in [0.2, 0.25) is 5.91 Å². The molecule has 5 heteroatoms. The fourth-order valence-electron chi connectivity index (χ4n) is 2.25. The highest BCUT2D eigenvalue weighted by Crippen LogP contribution is 2.19. The monoisotopic (exact) mass is 292 g/mol. The Kier molecular flexibility index (Phi) is 5.33. The van der Waals surface area contributed by atoms with E-state index in [1.54, 1.807) is 6.92 Å². The van der Waals surface area contributed by atoms with Crippen molar-refractivity contribution >= 4 is 11.6 Å². The Morgan fingerprint density at radius 3 is 2.57 bits per heavy atom. The van der Waals surface area contributed by atoms with Gasteiger partial charge in [0, 0.05) is 38.3 Å². The van der Waals surface area contributed by atoms with Crippen molar-refractivity contribution in [2.75, 3.05) is 25.1 Å². The van der Waals surface area contributed by atoms with Crippen LogP contribution in [-0.2, 0) is 9.53 Å². The van der Waals surface area contributed by atoms with Crippen molar-refractivity contribution in [1.82, 2.24) is 5.32 Å². The van der Waals surface area contributed by atoms with E-state index in [1.165, 1.54) is 0 Å². The van der Waals surface area contributed by atoms with E-state index in [0.29, 0.717) is 32.6 Å². The zero-order chi connectivity index (χ0) is 15.3. The van der Waals surface area contributed by atoms with Crippen molar-refractivity contribution in [2.45, 2.75) is 38.3 Å². The highest BCUT2D eigenvalue weighted by molar-refractivity contribution is 5.94. The van der Waals surface area contributed by atoms with Crippen molar-refractivity contribution in [2.24, 2.45) is 0 Å². The molecule has 116 valence electrons. The maximum Gasteiger partial charge on any atom is 0.241 e. The second-order valence-electron chi connectivity index (χ2n) is 5.79. The van der Waals surface area contributed by atoms with Crippen LogP contribution in [-0.4, -0.2) is 42.4 Å². The Hall–Kier alpha value is -1.43. The van der Waals surface area contributed by atoms with Gasteiger partial charge < -0.3 is 20.5 Å². The molecule has 0 bridgehead atoms. The molecule has 1 aliphatic heterocycles. The summed E-state index contributed by atoms with van der Waals surface area (Å²) in [6, 6.07) is 7.31. The van der Waals surface area contributed by atoms with E-state index in [9.17, 15) is 9.90 Å². The third kappa shape index (κ3) is 4.81. The van der Waals surface area contributed by atoms with Crippen molar-refractivity contribution in [3.05, 3.63) is 29.8 Å². The summed E-state index contributed by atoms with van der Waals surface area (Å²) >= 11 is 0. The Labute approximate surface area is 125 Å². The predicted octanol–water partition coefficient (Wildman–Crippen LogP) is 1.45. The summed E-state index contributed by atoms with van der Waals surface area (Å²) in [6.45, 7) is 5.35. The molecule has 1 aliphatic rings. The SMILES string of the molecule is Cc1ccc(NC(=O)C(C)NCC2(O)CCOCC2)cc1. The van der Waals surface area contributed by atoms with Crippen molar-refractivity contribution in [1.29, 1.82) is 0 Å². The predicted molar refractivity (Wildman–Crippen MR) is 82.3 cm³/mol. The average Bonchev–Trinajstić information content (AvgIpc) is 2.48. The molecule has 0 spiro atoms. The summed E-state index contributed by atoms with van der Waals surface area (Å²) in [5.41, 5.74) is 1.17. The second-order valence-corrected chi connectivity index (χ2v) is 5.79. The minimum Gasteiger partial charge on any atom is -0.388 e. The lowest BCUT2D eigenvalue weighted by atomic mass is 9.94. The van der Waals surface area contributed by atoms with Gasteiger partial charge in [-0.3, -0.25) is 4.79 Å². The van der Waals surface area contributed by atoms with Crippen LogP contribution in [0.15, 0.2) is 24.3 Å². The van der Waals surface area contributed by atoms with Gasteiger partial charge in [-0.15, -0.1) is 0 Å². The van der Waals surface area contributed by atoms with E-state index in [0.717, 1.165) is 11.3 Å². The van der Waals surface area contributed by atoms with Crippen LogP contribution >= 0.6 is 0 Å². The molecule has 0 aromatic heterocycles. The van der Waals surface area contributed by atoms with Crippen LogP contribution in [0.4, 0.5) is 5.69 Å². The van der Waals surface area contributed by atoms with Crippen molar-refractivity contribution in [3.8, 4) is 0 Å². The maximum absolute atomic E-state index is 12.1. The van der Waals surface area contributed by atoms with Crippen molar-refractivity contribution in [3.63, 3.8) is 0 Å². The Morgan fingerprint density at radius 1 is 1.33 bits per heavy atom. The highest BCUT2D eigenvalue weighted by atomic mass is 16.5. The minimum atomic E-state index is -0.767. The number of amides is 1. The lowest BCUT2D eigenvalue weighted by Gasteiger charge is -2.33. The number of anilines is 1. The van der Waals surface area contributed by atoms with E-state index in [4.69, 9.17) is 4.74 Å². The first-order chi connectivity index (χ1) is 9.98. The maximum atomic E-state index is 12.1. The Balaban J connectivity index is 1.80. The van der Waals surface area contributed by atoms with Crippen LogP contribution in [0.2, 0.25) is 0 Å². The van der Waals surface area contributed by atoms with Crippen LogP contribution in [0.1, 0.15) is 25.3 Å². The number of hydrogen-bond acceptors (Lipinski definition) is 4. The molecular weight excluding hydrogens is 268 g/mol. The first-order valence-electron chi connectivity index (χ1n) is 7.40. The summed E-state index contributed by atoms with van der Waals surface area (Å²) in [6.07, 6.45) is 1.21. The zero-order valence-electron chi connectivity index (χ0n) is 12.7. The van der Waals surface area contributed by atoms with Gasteiger partial charge in [-0.2, -0.15) is 0 Å². The summed E-state index contributed by atoms with van der Waals surface area (Å²) in [7, 11) is 0. The van der Waals surface area contributed by atoms with E-state index in [2.05, 4.69) is 10.6 Å². The summed E-state index contributed by atoms with van der Waals surface area (Å²) in [5.74, 6) is -0.102. The molecule has 0 saturated carbocycles. The van der Waals surface area contributed by atoms with E-state index < -0.39 is 5.60 Å². The zero-order valence-corrected chi connectivity index (χ0v) is 12.7. The van der Waals surface area contributed by atoms with E-state index in [1.807, 2.05) is 31.2 Å². The molecular formula is C16H24N2O3. The van der Waals surface area contributed by atoms with Gasteiger partial charge in [0.1, 0.15) is 0 Å². The number of carbonyl (C=O) groups is 1. The normalized spacial score (nSPS) is 19.0. The molecule has 1 aromatic rings. The lowest BCUT2D eigenvalue weighted by molar-refractivity contribution is -0.118. The summed E-state index contributed by atoms with van der Waals surface area (Å²) in [5, 5.41) is 16.3. The Bertz CT molecular complexity index is 467. The first-order valence-corrected chi connectivity index (χ1v) is 7.40. The number of hydrogen-bond donors (Lipinski definition) is 3. The molecule has 1 fully saturated rings. The van der Waals surface area contributed by atoms with Crippen LogP contribution in [0, 0.1) is 6.92 Å². The first kappa shape index (κ1) is 15.9. The van der Waals surface area contributed by atoms with Gasteiger partial charge >= 0.3 is 0 Å². The number of carbonyl (C=O) groups excluding carboxylic acids is 1. The van der Waals surface area contributed by atoms with E-state index >= 15 is 0 Å². The number of ether oxygens (including phenoxy) is 1. The molecule has 1 aromatic carbocycles. The van der Waals surface area contributed by atoms with Gasteiger partial charge in [-0.1, -0.05) is 17.7 Å². The van der Waals surface area contributed by atoms with Crippen LogP contribution in [0.3, 0.4) is 0 Å². The largest absolute Gasteiger partial charge is 0.388 e. The Morgan fingerprint density at radius 2 is 1.95 bits per heavy atom. The average molecular weight is 292 g/mol. The lowest BCUT2D eigenvalue weighted by Crippen LogP contribution is -2.49. The number of nitrogens with one attached hydrogen (secondary N) is 2. The van der Waals surface area contributed by atoms with E-state index in [-0.39, 0.29) is 11.9 Å². The minimum absolute atomic E-state index is 0.102. The third-order valence-electron chi connectivity index (χ3n) is 3.87. The molecule has 5 nitrogen and oxygen atoms in total. The smallest absolute Gasteiger partial charge is 0.241 e. The molecule has 2 rings (SSSR count). The van der Waals surface area contributed by atoms with Crippen molar-refractivity contribution < 1.29 is 14.6 Å². The summed E-state index contributed by atoms with van der Waals surface area (Å²) < 4.78 is 5.24. The number of aryl methyl sites for hydroxylation is 1. The van der Waals surface area contributed by atoms with Crippen LogP contribution < -0.4 is 10.6 Å². The second kappa shape index (κ2) is 7.02. The quantitative estimate of drug-likeness (QED) is 0.768. The summed E-state index contributed by atoms with van der Waals surface area (Å²) in [4.78, 5) is 12.1. The van der Waals surface area contributed by atoms with Gasteiger partial charge in [-0.25, -0.2) is 0 Å². The van der Waals surface area contributed by atoms with Gasteiger partial charge in [0.15, 0.2) is 0 Å². The molecule has 21 heavy (non-hydrogen) atoms. The molecule has 0 radical (unpaired) electrons. The molecule has 1 saturated heterocycles. The standard InChI is InChI=1S/C16H24N2O3/c1-12-3-5-14(6-4-12)18-15(19)13(2)17-11-16(20)7-9-21-10-8-16/h3-6,13,17,20H,7-11H2,1-2H3,(H,18,19). The molecule has 3 N–H and O–H groups in total. The van der Waals surface area contributed by atoms with Gasteiger partial charge in [0.25, 0.3) is 0 Å². The number of rotatable bonds is 5. The molecule has 1 amide bonds. The number of benzene rings is 1. The molecule has 0 aliphatic carbocycles. The molecule has 1 unspecified atom stereocenters. The van der Waals surface area contributed by atoms with Gasteiger partial charge in [-0.05, 0) is 26.0 Å². The molecule has 1 atom stereocenters. The number of aliphatic hydroxyl groups is 1. The fourth-order valence-corrected chi connectivity index (χ4v) is 2.25. The topological polar surface area (TPSA) is 70.6 Å². The molecule has 1 heterocycles. The van der Waals surface area contributed by atoms with Crippen LogP contribution in [0.25, 0.3) is 0 Å².